The first-order chi connectivity index (χ1) is 6.02. The number of hydrogen-bond acceptors (Lipinski definition) is 1. The van der Waals surface area contributed by atoms with Gasteiger partial charge in [-0.25, -0.2) is 4.39 Å². The molecule has 1 heterocycles. The van der Waals surface area contributed by atoms with Crippen LogP contribution >= 0.6 is 11.6 Å². The Bertz CT molecular complexity index is 196. The van der Waals surface area contributed by atoms with E-state index in [-0.39, 0.29) is 0 Å². The van der Waals surface area contributed by atoms with Gasteiger partial charge in [0.15, 0.2) is 0 Å². The van der Waals surface area contributed by atoms with Gasteiger partial charge >= 0.3 is 0 Å². The van der Waals surface area contributed by atoms with Crippen LogP contribution in [0.15, 0.2) is 0 Å². The highest BCUT2D eigenvalue weighted by Crippen LogP contribution is 2.24. The molecule has 2 nitrogen and oxygen atoms in total. The van der Waals surface area contributed by atoms with Crippen LogP contribution in [0.5, 0.6) is 0 Å². The Morgan fingerprint density at radius 3 is 2.62 bits per heavy atom. The number of nitrogens with zero attached hydrogens (tertiary/aromatic N) is 1. The minimum Gasteiger partial charge on any atom is -0.339 e. The average Bonchev–Trinajstić information content (AvgIpc) is 2.50. The van der Waals surface area contributed by atoms with Crippen molar-refractivity contribution in [3.63, 3.8) is 0 Å². The molecular formula is C9H15ClFNO. The summed E-state index contributed by atoms with van der Waals surface area (Å²) in [6, 6.07) is 0. The number of amides is 1. The molecule has 4 heteroatoms. The molecule has 1 amide bonds. The van der Waals surface area contributed by atoms with Crippen LogP contribution in [-0.4, -0.2) is 29.5 Å². The molecule has 0 saturated carbocycles. The zero-order valence-electron chi connectivity index (χ0n) is 7.96. The molecule has 0 N–H and O–H groups in total. The molecule has 13 heavy (non-hydrogen) atoms. The first-order valence-electron chi connectivity index (χ1n) is 4.59. The maximum absolute atomic E-state index is 12.4. The summed E-state index contributed by atoms with van der Waals surface area (Å²) in [4.78, 5) is 12.6. The van der Waals surface area contributed by atoms with Crippen molar-refractivity contribution in [1.82, 2.24) is 4.90 Å². The Labute approximate surface area is 83.0 Å². The van der Waals surface area contributed by atoms with Crippen molar-refractivity contribution >= 4 is 17.5 Å². The van der Waals surface area contributed by atoms with Gasteiger partial charge in [0.25, 0.3) is 11.5 Å². The number of rotatable bonds is 2. The third kappa shape index (κ3) is 2.56. The number of likely N-dealkylation sites (tertiary alicyclic amines) is 1. The fourth-order valence-electron chi connectivity index (χ4n) is 1.67. The summed E-state index contributed by atoms with van der Waals surface area (Å²) in [6.07, 6.45) is 0.965. The van der Waals surface area contributed by atoms with Crippen LogP contribution in [0.4, 0.5) is 4.39 Å². The van der Waals surface area contributed by atoms with Gasteiger partial charge in [-0.05, 0) is 18.3 Å². The van der Waals surface area contributed by atoms with Crippen molar-refractivity contribution in [2.45, 2.75) is 25.9 Å². The lowest BCUT2D eigenvalue weighted by molar-refractivity contribution is -0.132. The average molecular weight is 208 g/mol. The van der Waals surface area contributed by atoms with E-state index in [4.69, 9.17) is 11.6 Å². The van der Waals surface area contributed by atoms with Crippen LogP contribution in [0.25, 0.3) is 0 Å². The van der Waals surface area contributed by atoms with Crippen molar-refractivity contribution in [2.75, 3.05) is 13.1 Å². The van der Waals surface area contributed by atoms with E-state index in [9.17, 15) is 9.18 Å². The van der Waals surface area contributed by atoms with E-state index in [1.54, 1.807) is 0 Å². The van der Waals surface area contributed by atoms with E-state index in [1.807, 2.05) is 0 Å². The Morgan fingerprint density at radius 2 is 2.23 bits per heavy atom. The van der Waals surface area contributed by atoms with Crippen LogP contribution < -0.4 is 0 Å². The second-order valence-corrected chi connectivity index (χ2v) is 4.26. The smallest absolute Gasteiger partial charge is 0.272 e. The largest absolute Gasteiger partial charge is 0.339 e. The standard InChI is InChI=1S/C9H15ClFNO/c1-6(2)7-3-4-12(5-7)9(13)8(10)11/h6-8H,3-5H2,1-2H3. The summed E-state index contributed by atoms with van der Waals surface area (Å²) in [5, 5.41) is 0. The highest BCUT2D eigenvalue weighted by molar-refractivity contribution is 6.29. The summed E-state index contributed by atoms with van der Waals surface area (Å²) in [6.45, 7) is 5.54. The van der Waals surface area contributed by atoms with Crippen LogP contribution in [0.2, 0.25) is 0 Å². The number of hydrogen-bond donors (Lipinski definition) is 0. The van der Waals surface area contributed by atoms with E-state index < -0.39 is 11.5 Å². The van der Waals surface area contributed by atoms with Gasteiger partial charge in [-0.2, -0.15) is 0 Å². The van der Waals surface area contributed by atoms with E-state index in [1.165, 1.54) is 4.90 Å². The molecule has 1 saturated heterocycles. The fraction of sp³-hybridized carbons (Fsp3) is 0.889. The number of alkyl halides is 2. The van der Waals surface area contributed by atoms with Crippen molar-refractivity contribution in [3.05, 3.63) is 0 Å². The molecule has 2 unspecified atom stereocenters. The Hall–Kier alpha value is -0.310. The summed E-state index contributed by atoms with van der Waals surface area (Å²) >= 11 is 5.08. The number of carbonyl (C=O) groups excluding carboxylic acids is 1. The van der Waals surface area contributed by atoms with Crippen LogP contribution in [-0.2, 0) is 4.79 Å². The van der Waals surface area contributed by atoms with E-state index >= 15 is 0 Å². The topological polar surface area (TPSA) is 20.3 Å². The summed E-state index contributed by atoms with van der Waals surface area (Å²) in [5.74, 6) is 0.468. The first-order valence-corrected chi connectivity index (χ1v) is 5.03. The third-order valence-corrected chi connectivity index (χ3v) is 2.85. The predicted molar refractivity (Wildman–Crippen MR) is 50.3 cm³/mol. The summed E-state index contributed by atoms with van der Waals surface area (Å²) < 4.78 is 12.4. The Morgan fingerprint density at radius 1 is 1.62 bits per heavy atom. The highest BCUT2D eigenvalue weighted by atomic mass is 35.5. The Balaban J connectivity index is 2.45. The van der Waals surface area contributed by atoms with Crippen molar-refractivity contribution in [1.29, 1.82) is 0 Å². The normalized spacial score (nSPS) is 25.3. The molecule has 1 aliphatic heterocycles. The van der Waals surface area contributed by atoms with Gasteiger partial charge in [-0.1, -0.05) is 25.4 Å². The molecule has 0 bridgehead atoms. The predicted octanol–water partition coefficient (Wildman–Crippen LogP) is 2.03. The van der Waals surface area contributed by atoms with Crippen LogP contribution in [0, 0.1) is 11.8 Å². The van der Waals surface area contributed by atoms with Gasteiger partial charge in [0.2, 0.25) is 0 Å². The third-order valence-electron chi connectivity index (χ3n) is 2.67. The lowest BCUT2D eigenvalue weighted by Crippen LogP contribution is -2.33. The van der Waals surface area contributed by atoms with Gasteiger partial charge in [0, 0.05) is 13.1 Å². The molecule has 1 fully saturated rings. The lowest BCUT2D eigenvalue weighted by atomic mass is 9.95. The molecule has 0 spiro atoms. The maximum atomic E-state index is 12.4. The van der Waals surface area contributed by atoms with Crippen molar-refractivity contribution < 1.29 is 9.18 Å². The summed E-state index contributed by atoms with van der Waals surface area (Å²) in [5.41, 5.74) is -1.87. The number of carbonyl (C=O) groups is 1. The molecule has 0 aromatic rings. The lowest BCUT2D eigenvalue weighted by Gasteiger charge is -2.17. The minimum atomic E-state index is -1.87. The van der Waals surface area contributed by atoms with Crippen molar-refractivity contribution in [3.8, 4) is 0 Å². The van der Waals surface area contributed by atoms with Gasteiger partial charge in [0.1, 0.15) is 0 Å². The second-order valence-electron chi connectivity index (χ2n) is 3.88. The SMILES string of the molecule is CC(C)C1CCN(C(=O)C(F)Cl)C1. The molecule has 0 aliphatic carbocycles. The van der Waals surface area contributed by atoms with Crippen LogP contribution in [0.1, 0.15) is 20.3 Å². The molecule has 0 aromatic heterocycles. The molecular weight excluding hydrogens is 193 g/mol. The zero-order valence-corrected chi connectivity index (χ0v) is 8.72. The monoisotopic (exact) mass is 207 g/mol. The van der Waals surface area contributed by atoms with Crippen molar-refractivity contribution in [2.24, 2.45) is 11.8 Å². The Kier molecular flexibility index (Phi) is 3.54. The van der Waals surface area contributed by atoms with Gasteiger partial charge in [-0.15, -0.1) is 0 Å². The molecule has 76 valence electrons. The van der Waals surface area contributed by atoms with Gasteiger partial charge in [0.05, 0.1) is 0 Å². The van der Waals surface area contributed by atoms with E-state index in [0.717, 1.165) is 6.42 Å². The minimum absolute atomic E-state index is 0.499. The van der Waals surface area contributed by atoms with E-state index in [2.05, 4.69) is 13.8 Å². The second kappa shape index (κ2) is 4.27. The maximum Gasteiger partial charge on any atom is 0.272 e. The zero-order chi connectivity index (χ0) is 10.0. The number of halogens is 2. The molecule has 0 radical (unpaired) electrons. The van der Waals surface area contributed by atoms with Gasteiger partial charge in [-0.3, -0.25) is 4.79 Å². The molecule has 1 aliphatic rings. The molecule has 0 aromatic carbocycles. The highest BCUT2D eigenvalue weighted by Gasteiger charge is 2.30. The first kappa shape index (κ1) is 10.8. The quantitative estimate of drug-likeness (QED) is 0.635. The van der Waals surface area contributed by atoms with E-state index in [0.29, 0.717) is 24.9 Å². The molecule has 2 atom stereocenters. The van der Waals surface area contributed by atoms with Crippen LogP contribution in [0.3, 0.4) is 0 Å². The van der Waals surface area contributed by atoms with Gasteiger partial charge < -0.3 is 4.90 Å². The fourth-order valence-corrected chi connectivity index (χ4v) is 1.81. The molecule has 1 rings (SSSR count). The summed E-state index contributed by atoms with van der Waals surface area (Å²) in [7, 11) is 0.